The Labute approximate surface area is 391 Å². The van der Waals surface area contributed by atoms with E-state index in [2.05, 4.69) is 31.1 Å². The number of halogens is 1. The molecule has 4 aromatic rings. The second-order valence-electron chi connectivity index (χ2n) is 17.7. The molecule has 0 fully saturated rings. The fourth-order valence-electron chi connectivity index (χ4n) is 8.06. The SMILES string of the molecule is C[C@@H]1CC(=O)[C@@H](N(C)C(=O)[C@H](CCN)CC(=O)c2c(N)cc(-c3ccc(C(C)(C)C)cc3)nc2Cl)c2ccc(OCCN)c(c2)-c2cc(ccc2OCCN)C[C@@H](C(=O)CCC#N)NC1=O. The van der Waals surface area contributed by atoms with Gasteiger partial charge in [-0.05, 0) is 71.8 Å². The van der Waals surface area contributed by atoms with Crippen molar-refractivity contribution in [3.8, 4) is 40.0 Å². The third kappa shape index (κ3) is 12.4. The van der Waals surface area contributed by atoms with Crippen molar-refractivity contribution in [2.45, 2.75) is 83.7 Å². The number of nitrogens with two attached hydrogens (primary N) is 4. The molecule has 0 unspecified atom stereocenters. The van der Waals surface area contributed by atoms with E-state index in [0.29, 0.717) is 39.4 Å². The van der Waals surface area contributed by atoms with Gasteiger partial charge in [0, 0.05) is 80.0 Å². The van der Waals surface area contributed by atoms with Gasteiger partial charge in [-0.15, -0.1) is 0 Å². The fraction of sp³-hybridized carbons (Fsp3) is 0.420. The predicted molar refractivity (Wildman–Crippen MR) is 255 cm³/mol. The molecule has 0 radical (unpaired) electrons. The van der Waals surface area contributed by atoms with E-state index in [4.69, 9.17) is 44.0 Å². The van der Waals surface area contributed by atoms with Gasteiger partial charge in [-0.2, -0.15) is 5.26 Å². The van der Waals surface area contributed by atoms with Crippen molar-refractivity contribution in [1.29, 1.82) is 5.26 Å². The molecule has 0 aliphatic carbocycles. The number of fused-ring (bicyclic) bond motifs is 5. The number of Topliss-reactive ketones (excluding diaryl/α,β-unsaturated/α-hetero) is 3. The number of hydrogen-bond donors (Lipinski definition) is 5. The summed E-state index contributed by atoms with van der Waals surface area (Å²) in [4.78, 5) is 76.7. The Balaban J connectivity index is 1.57. The second-order valence-corrected chi connectivity index (χ2v) is 18.0. The number of nitrogens with one attached hydrogen (secondary N) is 1. The van der Waals surface area contributed by atoms with Gasteiger partial charge in [0.05, 0.1) is 23.4 Å². The molecule has 4 atom stereocenters. The van der Waals surface area contributed by atoms with Crippen molar-refractivity contribution >= 4 is 46.5 Å². The second kappa shape index (κ2) is 22.8. The van der Waals surface area contributed by atoms with Crippen LogP contribution in [0.25, 0.3) is 22.4 Å². The maximum atomic E-state index is 14.8. The molecule has 4 bridgehead atoms. The van der Waals surface area contributed by atoms with Gasteiger partial charge in [0.2, 0.25) is 11.8 Å². The Morgan fingerprint density at radius 3 is 2.15 bits per heavy atom. The Morgan fingerprint density at radius 1 is 0.924 bits per heavy atom. The molecule has 1 aliphatic heterocycles. The van der Waals surface area contributed by atoms with E-state index in [9.17, 15) is 29.2 Å². The van der Waals surface area contributed by atoms with Crippen LogP contribution >= 0.6 is 11.6 Å². The first kappa shape index (κ1) is 50.8. The third-order valence-corrected chi connectivity index (χ3v) is 11.9. The summed E-state index contributed by atoms with van der Waals surface area (Å²) < 4.78 is 12.2. The first-order valence-electron chi connectivity index (χ1n) is 22.1. The molecular formula is C50H61ClN8O7. The lowest BCUT2D eigenvalue weighted by atomic mass is 9.86. The van der Waals surface area contributed by atoms with Crippen LogP contribution in [0.5, 0.6) is 11.5 Å². The van der Waals surface area contributed by atoms with Gasteiger partial charge in [0.1, 0.15) is 35.9 Å². The van der Waals surface area contributed by atoms with Crippen LogP contribution in [0.15, 0.2) is 66.7 Å². The standard InChI is InChI=1S/C50H61ClN8O7/c1-29-23-42(62)46(59(5)49(64)33(16-18-53)27-41(61)45-37(56)28-38(57-47(45)51)31-9-12-34(13-10-31)50(2,3)4)32-11-15-44(66-22-20-55)36(26-32)35-24-30(8-14-43(35)65-21-19-54)25-39(58-48(29)63)40(60)7-6-17-52/h8-15,24,26,28-29,33,39,46H,6-7,16,18-23,25,27,53-55H2,1-5H3,(H2,56,57)(H,58,63)/t29-,33-,39+,46+/m1/s1. The first-order valence-corrected chi connectivity index (χ1v) is 22.5. The minimum absolute atomic E-state index is 0.0323. The maximum Gasteiger partial charge on any atom is 0.226 e. The molecular weight excluding hydrogens is 860 g/mol. The van der Waals surface area contributed by atoms with Gasteiger partial charge >= 0.3 is 0 Å². The fourth-order valence-corrected chi connectivity index (χ4v) is 8.37. The molecule has 15 nitrogen and oxygen atoms in total. The Hall–Kier alpha value is -6.18. The van der Waals surface area contributed by atoms with E-state index >= 15 is 0 Å². The van der Waals surface area contributed by atoms with E-state index in [-0.39, 0.29) is 99.0 Å². The molecule has 2 heterocycles. The number of anilines is 1. The highest BCUT2D eigenvalue weighted by Crippen LogP contribution is 2.41. The smallest absolute Gasteiger partial charge is 0.226 e. The number of rotatable bonds is 17. The lowest BCUT2D eigenvalue weighted by Crippen LogP contribution is -2.46. The lowest BCUT2D eigenvalue weighted by molar-refractivity contribution is -0.142. The van der Waals surface area contributed by atoms with Gasteiger partial charge in [0.15, 0.2) is 17.3 Å². The quantitative estimate of drug-likeness (QED) is 0.0614. The summed E-state index contributed by atoms with van der Waals surface area (Å²) >= 11 is 6.68. The minimum atomic E-state index is -1.28. The number of likely N-dealkylation sites (N-methyl/N-ethyl adjacent to an activating group) is 1. The Kier molecular flexibility index (Phi) is 17.6. The van der Waals surface area contributed by atoms with Gasteiger partial charge < -0.3 is 42.6 Å². The number of ether oxygens (including phenoxy) is 2. The van der Waals surface area contributed by atoms with Crippen LogP contribution in [0.1, 0.15) is 92.9 Å². The molecule has 66 heavy (non-hydrogen) atoms. The molecule has 2 amide bonds. The summed E-state index contributed by atoms with van der Waals surface area (Å²) in [7, 11) is 1.47. The normalized spacial score (nSPS) is 16.9. The highest BCUT2D eigenvalue weighted by molar-refractivity contribution is 6.33. The van der Waals surface area contributed by atoms with Crippen LogP contribution in [0, 0.1) is 23.2 Å². The van der Waals surface area contributed by atoms with Gasteiger partial charge in [0.25, 0.3) is 0 Å². The van der Waals surface area contributed by atoms with E-state index in [1.165, 1.54) is 11.9 Å². The average Bonchev–Trinajstić information content (AvgIpc) is 3.28. The third-order valence-electron chi connectivity index (χ3n) is 11.7. The zero-order chi connectivity index (χ0) is 48.3. The monoisotopic (exact) mass is 920 g/mol. The minimum Gasteiger partial charge on any atom is -0.492 e. The number of aromatic nitrogens is 1. The highest BCUT2D eigenvalue weighted by Gasteiger charge is 2.37. The summed E-state index contributed by atoms with van der Waals surface area (Å²) in [5, 5.41) is 11.9. The molecule has 0 saturated heterocycles. The van der Waals surface area contributed by atoms with Crippen LogP contribution in [-0.4, -0.2) is 85.0 Å². The van der Waals surface area contributed by atoms with Crippen LogP contribution in [0.2, 0.25) is 5.15 Å². The van der Waals surface area contributed by atoms with Crippen LogP contribution in [-0.2, 0) is 31.0 Å². The van der Waals surface area contributed by atoms with E-state index < -0.39 is 47.3 Å². The summed E-state index contributed by atoms with van der Waals surface area (Å²) in [6, 6.07) is 19.5. The zero-order valence-corrected chi connectivity index (χ0v) is 39.1. The summed E-state index contributed by atoms with van der Waals surface area (Å²) in [5.41, 5.74) is 28.7. The maximum absolute atomic E-state index is 14.8. The summed E-state index contributed by atoms with van der Waals surface area (Å²) in [6.07, 6.45) is -0.646. The van der Waals surface area contributed by atoms with E-state index in [1.807, 2.05) is 36.4 Å². The van der Waals surface area contributed by atoms with Crippen molar-refractivity contribution in [3.05, 3.63) is 94.1 Å². The molecule has 350 valence electrons. The largest absolute Gasteiger partial charge is 0.492 e. The molecule has 1 aliphatic rings. The Morgan fingerprint density at radius 2 is 1.56 bits per heavy atom. The molecule has 5 rings (SSSR count). The van der Waals surface area contributed by atoms with Crippen LogP contribution in [0.4, 0.5) is 5.69 Å². The molecule has 0 saturated carbocycles. The number of nitrogen functional groups attached to an aromatic ring is 1. The van der Waals surface area contributed by atoms with Gasteiger partial charge in [-0.1, -0.05) is 75.7 Å². The van der Waals surface area contributed by atoms with Gasteiger partial charge in [-0.25, -0.2) is 4.98 Å². The molecule has 3 aromatic carbocycles. The number of benzene rings is 3. The average molecular weight is 922 g/mol. The first-order chi connectivity index (χ1) is 31.4. The molecule has 1 aromatic heterocycles. The number of amides is 2. The summed E-state index contributed by atoms with van der Waals surface area (Å²) in [5.74, 6) is -3.63. The van der Waals surface area contributed by atoms with Crippen LogP contribution < -0.4 is 37.7 Å². The lowest BCUT2D eigenvalue weighted by Gasteiger charge is -2.32. The number of ketones is 3. The number of carbonyl (C=O) groups excluding carboxylic acids is 5. The zero-order valence-electron chi connectivity index (χ0n) is 38.3. The number of nitrogens with zero attached hydrogens (tertiary/aromatic N) is 3. The van der Waals surface area contributed by atoms with Crippen molar-refractivity contribution in [2.24, 2.45) is 29.0 Å². The molecule has 16 heteroatoms. The van der Waals surface area contributed by atoms with Gasteiger partial charge in [-0.3, -0.25) is 24.0 Å². The van der Waals surface area contributed by atoms with E-state index in [0.717, 1.165) is 11.1 Å². The van der Waals surface area contributed by atoms with Crippen molar-refractivity contribution in [2.75, 3.05) is 45.6 Å². The number of nitriles is 1. The van der Waals surface area contributed by atoms with Crippen molar-refractivity contribution in [1.82, 2.24) is 15.2 Å². The topological polar surface area (TPSA) is 260 Å². The number of hydrogen-bond acceptors (Lipinski definition) is 13. The molecule has 9 N–H and O–H groups in total. The number of pyridine rings is 1. The predicted octanol–water partition coefficient (Wildman–Crippen LogP) is 5.87. The Bertz CT molecular complexity index is 2440. The van der Waals surface area contributed by atoms with Crippen molar-refractivity contribution < 1.29 is 33.4 Å². The van der Waals surface area contributed by atoms with E-state index in [1.54, 1.807) is 43.3 Å². The summed E-state index contributed by atoms with van der Waals surface area (Å²) in [6.45, 7) is 8.66. The molecule has 0 spiro atoms. The number of carbonyl (C=O) groups is 5. The van der Waals surface area contributed by atoms with Crippen molar-refractivity contribution in [3.63, 3.8) is 0 Å². The highest BCUT2D eigenvalue weighted by atomic mass is 35.5. The van der Waals surface area contributed by atoms with Crippen LogP contribution in [0.3, 0.4) is 0 Å².